The summed E-state index contributed by atoms with van der Waals surface area (Å²) >= 11 is 0. The Labute approximate surface area is 115 Å². The molecule has 2 aromatic rings. The first-order valence-electron chi connectivity index (χ1n) is 6.27. The van der Waals surface area contributed by atoms with E-state index >= 15 is 0 Å². The minimum atomic E-state index is -0.733. The van der Waals surface area contributed by atoms with Gasteiger partial charge < -0.3 is 14.4 Å². The fraction of sp³-hybridized carbons (Fsp3) is 0.357. The van der Waals surface area contributed by atoms with E-state index < -0.39 is 11.5 Å². The number of aromatic hydroxyl groups is 1. The third kappa shape index (κ3) is 2.36. The summed E-state index contributed by atoms with van der Waals surface area (Å²) < 4.78 is 6.15. The largest absolute Gasteiger partial charge is 0.504 e. The second-order valence-electron chi connectivity index (χ2n) is 4.95. The van der Waals surface area contributed by atoms with Gasteiger partial charge in [0.15, 0.2) is 11.4 Å². The van der Waals surface area contributed by atoms with Crippen molar-refractivity contribution in [3.8, 4) is 5.75 Å². The van der Waals surface area contributed by atoms with Crippen LogP contribution >= 0.6 is 0 Å². The third-order valence-electron chi connectivity index (χ3n) is 2.87. The Bertz CT molecular complexity index is 719. The predicted molar refractivity (Wildman–Crippen MR) is 73.8 cm³/mol. The number of hydrogen-bond donors (Lipinski definition) is 1. The Kier molecular flexibility index (Phi) is 3.74. The first-order valence-corrected chi connectivity index (χ1v) is 6.27. The summed E-state index contributed by atoms with van der Waals surface area (Å²) in [7, 11) is 1.42. The van der Waals surface area contributed by atoms with Gasteiger partial charge >= 0.3 is 5.97 Å². The zero-order valence-electron chi connectivity index (χ0n) is 11.6. The number of rotatable bonds is 3. The van der Waals surface area contributed by atoms with Crippen LogP contribution in [0, 0.1) is 5.92 Å². The molecule has 0 aromatic carbocycles. The standard InChI is InChI=1S/C14H16N2O4/c1-8(2)7-20-14(19)11-12(17)10-9(5-4-6-15-10)13(18)16(11)3/h4-6,8,17H,7H2,1-3H3. The number of hydrogen-bond acceptors (Lipinski definition) is 5. The van der Waals surface area contributed by atoms with Crippen molar-refractivity contribution in [2.75, 3.05) is 6.61 Å². The smallest absolute Gasteiger partial charge is 0.359 e. The summed E-state index contributed by atoms with van der Waals surface area (Å²) in [5.74, 6) is -0.906. The summed E-state index contributed by atoms with van der Waals surface area (Å²) in [5.41, 5.74) is -0.476. The van der Waals surface area contributed by atoms with Gasteiger partial charge in [-0.25, -0.2) is 4.79 Å². The molecular weight excluding hydrogens is 260 g/mol. The van der Waals surface area contributed by atoms with Crippen LogP contribution in [0.1, 0.15) is 24.3 Å². The molecule has 0 aliphatic heterocycles. The third-order valence-corrected chi connectivity index (χ3v) is 2.87. The zero-order chi connectivity index (χ0) is 14.9. The maximum atomic E-state index is 12.1. The molecule has 0 amide bonds. The first-order chi connectivity index (χ1) is 9.43. The topological polar surface area (TPSA) is 81.4 Å². The van der Waals surface area contributed by atoms with Gasteiger partial charge in [-0.05, 0) is 18.1 Å². The van der Waals surface area contributed by atoms with Gasteiger partial charge in [0.1, 0.15) is 5.52 Å². The van der Waals surface area contributed by atoms with Crippen molar-refractivity contribution in [1.82, 2.24) is 9.55 Å². The second-order valence-corrected chi connectivity index (χ2v) is 4.95. The Hall–Kier alpha value is -2.37. The average Bonchev–Trinajstić information content (AvgIpc) is 2.43. The Morgan fingerprint density at radius 2 is 2.20 bits per heavy atom. The Morgan fingerprint density at radius 3 is 2.85 bits per heavy atom. The first kappa shape index (κ1) is 14.0. The molecule has 20 heavy (non-hydrogen) atoms. The molecule has 2 heterocycles. The van der Waals surface area contributed by atoms with Crippen LogP contribution in [0.25, 0.3) is 10.9 Å². The monoisotopic (exact) mass is 276 g/mol. The van der Waals surface area contributed by atoms with Crippen molar-refractivity contribution in [2.24, 2.45) is 13.0 Å². The van der Waals surface area contributed by atoms with Crippen molar-refractivity contribution >= 4 is 16.9 Å². The normalized spacial score (nSPS) is 11.0. The van der Waals surface area contributed by atoms with Gasteiger partial charge in [0.2, 0.25) is 0 Å². The zero-order valence-corrected chi connectivity index (χ0v) is 11.6. The summed E-state index contributed by atoms with van der Waals surface area (Å²) in [6.07, 6.45) is 1.45. The molecule has 0 unspecified atom stereocenters. The number of fused-ring (bicyclic) bond motifs is 1. The molecule has 106 valence electrons. The Balaban J connectivity index is 2.59. The van der Waals surface area contributed by atoms with Crippen LogP contribution in [0.5, 0.6) is 5.75 Å². The van der Waals surface area contributed by atoms with E-state index in [2.05, 4.69) is 4.98 Å². The van der Waals surface area contributed by atoms with E-state index in [9.17, 15) is 14.7 Å². The molecule has 2 rings (SSSR count). The summed E-state index contributed by atoms with van der Waals surface area (Å²) in [5, 5.41) is 10.4. The maximum absolute atomic E-state index is 12.1. The number of aromatic nitrogens is 2. The lowest BCUT2D eigenvalue weighted by atomic mass is 10.2. The van der Waals surface area contributed by atoms with Crippen LogP contribution in [-0.2, 0) is 11.8 Å². The van der Waals surface area contributed by atoms with Gasteiger partial charge in [-0.2, -0.15) is 0 Å². The molecule has 6 heteroatoms. The lowest BCUT2D eigenvalue weighted by Crippen LogP contribution is -2.25. The predicted octanol–water partition coefficient (Wildman–Crippen LogP) is 1.45. The molecule has 2 aromatic heterocycles. The van der Waals surface area contributed by atoms with Crippen molar-refractivity contribution in [1.29, 1.82) is 0 Å². The summed E-state index contributed by atoms with van der Waals surface area (Å²) in [4.78, 5) is 28.1. The van der Waals surface area contributed by atoms with E-state index in [1.165, 1.54) is 13.2 Å². The van der Waals surface area contributed by atoms with Crippen molar-refractivity contribution in [3.63, 3.8) is 0 Å². The van der Waals surface area contributed by atoms with Gasteiger partial charge in [-0.1, -0.05) is 13.8 Å². The average molecular weight is 276 g/mol. The maximum Gasteiger partial charge on any atom is 0.359 e. The van der Waals surface area contributed by atoms with Gasteiger partial charge in [0, 0.05) is 13.2 Å². The number of nitrogens with zero attached hydrogens (tertiary/aromatic N) is 2. The highest BCUT2D eigenvalue weighted by molar-refractivity contribution is 5.97. The number of carbonyl (C=O) groups excluding carboxylic acids is 1. The number of ether oxygens (including phenoxy) is 1. The van der Waals surface area contributed by atoms with Crippen LogP contribution in [0.4, 0.5) is 0 Å². The Morgan fingerprint density at radius 1 is 1.50 bits per heavy atom. The van der Waals surface area contributed by atoms with Gasteiger partial charge in [0.05, 0.1) is 12.0 Å². The fourth-order valence-corrected chi connectivity index (χ4v) is 1.86. The van der Waals surface area contributed by atoms with Crippen molar-refractivity contribution in [3.05, 3.63) is 34.4 Å². The number of esters is 1. The van der Waals surface area contributed by atoms with Crippen LogP contribution in [0.3, 0.4) is 0 Å². The highest BCUT2D eigenvalue weighted by Gasteiger charge is 2.22. The summed E-state index contributed by atoms with van der Waals surface area (Å²) in [6.45, 7) is 4.01. The highest BCUT2D eigenvalue weighted by Crippen LogP contribution is 2.24. The molecule has 0 saturated heterocycles. The minimum absolute atomic E-state index is 0.104. The molecule has 0 spiro atoms. The van der Waals surface area contributed by atoms with E-state index in [0.29, 0.717) is 0 Å². The van der Waals surface area contributed by atoms with E-state index in [0.717, 1.165) is 4.57 Å². The molecule has 0 saturated carbocycles. The molecule has 0 atom stereocenters. The van der Waals surface area contributed by atoms with E-state index in [1.807, 2.05) is 13.8 Å². The fourth-order valence-electron chi connectivity index (χ4n) is 1.86. The molecule has 6 nitrogen and oxygen atoms in total. The molecule has 0 aliphatic carbocycles. The van der Waals surface area contributed by atoms with Crippen LogP contribution in [0.2, 0.25) is 0 Å². The van der Waals surface area contributed by atoms with E-state index in [4.69, 9.17) is 4.74 Å². The minimum Gasteiger partial charge on any atom is -0.504 e. The quantitative estimate of drug-likeness (QED) is 0.858. The molecule has 1 N–H and O–H groups in total. The lowest BCUT2D eigenvalue weighted by Gasteiger charge is -2.12. The number of carbonyl (C=O) groups is 1. The molecule has 0 radical (unpaired) electrons. The van der Waals surface area contributed by atoms with E-state index in [1.54, 1.807) is 12.1 Å². The van der Waals surface area contributed by atoms with Gasteiger partial charge in [-0.3, -0.25) is 9.78 Å². The molecule has 0 fully saturated rings. The van der Waals surface area contributed by atoms with Crippen LogP contribution in [0.15, 0.2) is 23.1 Å². The van der Waals surface area contributed by atoms with Gasteiger partial charge in [0.25, 0.3) is 5.56 Å². The van der Waals surface area contributed by atoms with Crippen molar-refractivity contribution < 1.29 is 14.6 Å². The van der Waals surface area contributed by atoms with E-state index in [-0.39, 0.29) is 34.9 Å². The second kappa shape index (κ2) is 5.32. The van der Waals surface area contributed by atoms with Crippen LogP contribution < -0.4 is 5.56 Å². The summed E-state index contributed by atoms with van der Waals surface area (Å²) in [6, 6.07) is 3.15. The van der Waals surface area contributed by atoms with Crippen LogP contribution in [-0.4, -0.2) is 27.2 Å². The lowest BCUT2D eigenvalue weighted by molar-refractivity contribution is 0.0442. The molecule has 0 aliphatic rings. The molecular formula is C14H16N2O4. The molecule has 0 bridgehead atoms. The highest BCUT2D eigenvalue weighted by atomic mass is 16.5. The van der Waals surface area contributed by atoms with Gasteiger partial charge in [-0.15, -0.1) is 0 Å². The number of pyridine rings is 2. The SMILES string of the molecule is CC(C)COC(=O)c1c(O)c2ncccc2c(=O)n1C. The van der Waals surface area contributed by atoms with Crippen molar-refractivity contribution in [2.45, 2.75) is 13.8 Å².